The van der Waals surface area contributed by atoms with E-state index >= 15 is 0 Å². The lowest BCUT2D eigenvalue weighted by atomic mass is 9.97. The predicted octanol–water partition coefficient (Wildman–Crippen LogP) is 7.13. The quantitative estimate of drug-likeness (QED) is 0.224. The smallest absolute Gasteiger partial charge is 0.295 e. The van der Waals surface area contributed by atoms with Gasteiger partial charge < -0.3 is 13.9 Å². The first-order valence-corrected chi connectivity index (χ1v) is 13.2. The molecule has 6 nitrogen and oxygen atoms in total. The molecular formula is C32H33NO5. The van der Waals surface area contributed by atoms with E-state index in [9.17, 15) is 9.59 Å². The van der Waals surface area contributed by atoms with Gasteiger partial charge in [0, 0.05) is 5.69 Å². The van der Waals surface area contributed by atoms with Crippen molar-refractivity contribution in [3.63, 3.8) is 0 Å². The molecule has 0 bridgehead atoms. The molecule has 38 heavy (non-hydrogen) atoms. The summed E-state index contributed by atoms with van der Waals surface area (Å²) in [5.74, 6) is 1.19. The number of unbranched alkanes of at least 4 members (excludes halogenated alkanes) is 3. The molecule has 5 rings (SSSR count). The highest BCUT2D eigenvalue weighted by Gasteiger charge is 2.43. The van der Waals surface area contributed by atoms with Gasteiger partial charge in [0.2, 0.25) is 5.76 Å². The van der Waals surface area contributed by atoms with Gasteiger partial charge >= 0.3 is 0 Å². The van der Waals surface area contributed by atoms with Crippen LogP contribution in [0.1, 0.15) is 71.5 Å². The fourth-order valence-electron chi connectivity index (χ4n) is 5.02. The van der Waals surface area contributed by atoms with E-state index in [-0.39, 0.29) is 17.1 Å². The Labute approximate surface area is 222 Å². The van der Waals surface area contributed by atoms with Gasteiger partial charge in [-0.15, -0.1) is 0 Å². The number of ether oxygens (including phenoxy) is 2. The number of anilines is 1. The molecule has 6 heteroatoms. The van der Waals surface area contributed by atoms with Crippen molar-refractivity contribution in [2.24, 2.45) is 0 Å². The maximum Gasteiger partial charge on any atom is 0.295 e. The molecule has 1 unspecified atom stereocenters. The van der Waals surface area contributed by atoms with Crippen molar-refractivity contribution in [2.45, 2.75) is 52.5 Å². The van der Waals surface area contributed by atoms with E-state index in [1.54, 1.807) is 24.1 Å². The van der Waals surface area contributed by atoms with E-state index in [1.165, 1.54) is 12.8 Å². The highest BCUT2D eigenvalue weighted by atomic mass is 16.5. The van der Waals surface area contributed by atoms with Gasteiger partial charge in [-0.05, 0) is 85.5 Å². The number of fused-ring (bicyclic) bond motifs is 2. The summed E-state index contributed by atoms with van der Waals surface area (Å²) < 4.78 is 17.4. The largest absolute Gasteiger partial charge is 0.497 e. The van der Waals surface area contributed by atoms with Crippen LogP contribution in [0.15, 0.2) is 69.9 Å². The van der Waals surface area contributed by atoms with Gasteiger partial charge in [-0.3, -0.25) is 14.5 Å². The van der Waals surface area contributed by atoms with Crippen molar-refractivity contribution >= 4 is 22.6 Å². The van der Waals surface area contributed by atoms with Crippen molar-refractivity contribution in [1.82, 2.24) is 0 Å². The number of hydrogen-bond acceptors (Lipinski definition) is 5. The summed E-state index contributed by atoms with van der Waals surface area (Å²) in [4.78, 5) is 29.3. The molecule has 1 aliphatic rings. The Morgan fingerprint density at radius 1 is 0.868 bits per heavy atom. The highest BCUT2D eigenvalue weighted by molar-refractivity contribution is 6.10. The van der Waals surface area contributed by atoms with E-state index in [2.05, 4.69) is 6.92 Å². The first-order valence-electron chi connectivity index (χ1n) is 13.2. The van der Waals surface area contributed by atoms with Gasteiger partial charge in [0.15, 0.2) is 5.43 Å². The van der Waals surface area contributed by atoms with E-state index in [0.717, 1.165) is 35.3 Å². The second kappa shape index (κ2) is 10.7. The zero-order valence-corrected chi connectivity index (χ0v) is 22.4. The first-order chi connectivity index (χ1) is 18.4. The van der Waals surface area contributed by atoms with Crippen LogP contribution in [0.2, 0.25) is 0 Å². The molecule has 3 aromatic carbocycles. The average molecular weight is 512 g/mol. The van der Waals surface area contributed by atoms with Crippen LogP contribution in [0.25, 0.3) is 11.0 Å². The molecule has 0 N–H and O–H groups in total. The van der Waals surface area contributed by atoms with Crippen molar-refractivity contribution in [1.29, 1.82) is 0 Å². The molecule has 0 saturated heterocycles. The normalized spacial score (nSPS) is 14.7. The zero-order chi connectivity index (χ0) is 26.8. The number of methoxy groups -OCH3 is 1. The summed E-state index contributed by atoms with van der Waals surface area (Å²) in [6.45, 7) is 6.78. The Hall–Kier alpha value is -4.06. The lowest BCUT2D eigenvalue weighted by Crippen LogP contribution is -2.29. The van der Waals surface area contributed by atoms with Crippen LogP contribution in [0.5, 0.6) is 11.5 Å². The molecule has 4 aromatic rings. The number of nitrogens with zero attached hydrogens (tertiary/aromatic N) is 1. The molecule has 0 radical (unpaired) electrons. The summed E-state index contributed by atoms with van der Waals surface area (Å²) in [5.41, 5.74) is 4.05. The van der Waals surface area contributed by atoms with E-state index in [4.69, 9.17) is 13.9 Å². The SMILES string of the molecule is CCCCCCOc1ccc(C2c3c(oc4cc(C)c(C)cc4c3=O)C(=O)N2c2ccc(OC)cc2)cc1. The van der Waals surface area contributed by atoms with Crippen LogP contribution >= 0.6 is 0 Å². The second-order valence-corrected chi connectivity index (χ2v) is 9.86. The van der Waals surface area contributed by atoms with Gasteiger partial charge in [-0.1, -0.05) is 38.3 Å². The summed E-state index contributed by atoms with van der Waals surface area (Å²) >= 11 is 0. The number of benzene rings is 3. The van der Waals surface area contributed by atoms with Crippen molar-refractivity contribution in [3.8, 4) is 11.5 Å². The Balaban J connectivity index is 1.58. The van der Waals surface area contributed by atoms with E-state index in [1.807, 2.05) is 62.4 Å². The Morgan fingerprint density at radius 2 is 1.55 bits per heavy atom. The number of carbonyl (C=O) groups is 1. The van der Waals surface area contributed by atoms with Gasteiger partial charge in [0.05, 0.1) is 30.7 Å². The van der Waals surface area contributed by atoms with Crippen LogP contribution in [-0.2, 0) is 0 Å². The number of hydrogen-bond donors (Lipinski definition) is 0. The minimum atomic E-state index is -0.633. The summed E-state index contributed by atoms with van der Waals surface area (Å²) in [5, 5.41) is 0.480. The van der Waals surface area contributed by atoms with Crippen molar-refractivity contribution < 1.29 is 18.7 Å². The Bertz CT molecular complexity index is 1520. The maximum atomic E-state index is 13.9. The maximum absolute atomic E-state index is 13.9. The van der Waals surface area contributed by atoms with Crippen LogP contribution in [0, 0.1) is 13.8 Å². The van der Waals surface area contributed by atoms with Crippen LogP contribution in [0.4, 0.5) is 5.69 Å². The number of amides is 1. The molecular weight excluding hydrogens is 478 g/mol. The van der Waals surface area contributed by atoms with Crippen molar-refractivity contribution in [3.05, 3.63) is 98.9 Å². The second-order valence-electron chi connectivity index (χ2n) is 9.86. The van der Waals surface area contributed by atoms with Gasteiger partial charge in [0.1, 0.15) is 17.1 Å². The van der Waals surface area contributed by atoms with E-state index < -0.39 is 6.04 Å². The topological polar surface area (TPSA) is 69.0 Å². The molecule has 0 fully saturated rings. The third kappa shape index (κ3) is 4.67. The van der Waals surface area contributed by atoms with Gasteiger partial charge in [-0.2, -0.15) is 0 Å². The zero-order valence-electron chi connectivity index (χ0n) is 22.4. The van der Waals surface area contributed by atoms with Crippen LogP contribution in [-0.4, -0.2) is 19.6 Å². The van der Waals surface area contributed by atoms with Crippen molar-refractivity contribution in [2.75, 3.05) is 18.6 Å². The molecule has 196 valence electrons. The minimum absolute atomic E-state index is 0.0859. The molecule has 0 spiro atoms. The van der Waals surface area contributed by atoms with Crippen LogP contribution in [0.3, 0.4) is 0 Å². The third-order valence-corrected chi connectivity index (χ3v) is 7.30. The summed E-state index contributed by atoms with van der Waals surface area (Å²) in [7, 11) is 1.60. The molecule has 1 amide bonds. The van der Waals surface area contributed by atoms with Gasteiger partial charge in [0.25, 0.3) is 5.91 Å². The molecule has 1 aromatic heterocycles. The average Bonchev–Trinajstić information content (AvgIpc) is 3.22. The van der Waals surface area contributed by atoms with Crippen LogP contribution < -0.4 is 19.8 Å². The Kier molecular flexibility index (Phi) is 7.23. The summed E-state index contributed by atoms with van der Waals surface area (Å²) in [6.07, 6.45) is 4.55. The molecule has 0 aliphatic carbocycles. The number of rotatable bonds is 9. The minimum Gasteiger partial charge on any atom is -0.497 e. The molecule has 1 aliphatic heterocycles. The van der Waals surface area contributed by atoms with Gasteiger partial charge in [-0.25, -0.2) is 0 Å². The monoisotopic (exact) mass is 511 g/mol. The third-order valence-electron chi connectivity index (χ3n) is 7.30. The standard InChI is InChI=1S/C32H33NO5/c1-5-6-7-8-17-37-25-13-9-22(10-14-25)29-28-30(34)26-18-20(2)21(3)19-27(26)38-31(28)32(35)33(29)23-11-15-24(36-4)16-12-23/h9-16,18-19,29H,5-8,17H2,1-4H3. The lowest BCUT2D eigenvalue weighted by Gasteiger charge is -2.25. The lowest BCUT2D eigenvalue weighted by molar-refractivity contribution is 0.0971. The highest BCUT2D eigenvalue weighted by Crippen LogP contribution is 2.42. The summed E-state index contributed by atoms with van der Waals surface area (Å²) in [6, 6.07) is 18.0. The Morgan fingerprint density at radius 3 is 2.24 bits per heavy atom. The first kappa shape index (κ1) is 25.6. The fourth-order valence-corrected chi connectivity index (χ4v) is 5.02. The fraction of sp³-hybridized carbons (Fsp3) is 0.312. The van der Waals surface area contributed by atoms with E-state index in [0.29, 0.717) is 34.6 Å². The number of aryl methyl sites for hydroxylation is 2. The molecule has 0 saturated carbocycles. The predicted molar refractivity (Wildman–Crippen MR) is 150 cm³/mol. The number of carbonyl (C=O) groups excluding carboxylic acids is 1. The molecule has 1 atom stereocenters. The molecule has 2 heterocycles.